The molecular weight excluding hydrogens is 194 g/mol. The van der Waals surface area contributed by atoms with Crippen LogP contribution in [0.2, 0.25) is 0 Å². The Morgan fingerprint density at radius 3 is 2.40 bits per heavy atom. The van der Waals surface area contributed by atoms with Crippen molar-refractivity contribution in [2.75, 3.05) is 0 Å². The molecule has 15 heavy (non-hydrogen) atoms. The number of Topliss-reactive ketones (excluding diaryl/α,β-unsaturated/α-hetero) is 2. The Hall–Kier alpha value is -1.68. The Morgan fingerprint density at radius 1 is 1.27 bits per heavy atom. The Kier molecular flexibility index (Phi) is 3.57. The van der Waals surface area contributed by atoms with Crippen molar-refractivity contribution >= 4 is 11.6 Å². The van der Waals surface area contributed by atoms with Crippen molar-refractivity contribution in [3.8, 4) is 5.75 Å². The second kappa shape index (κ2) is 4.70. The van der Waals surface area contributed by atoms with Gasteiger partial charge in [-0.3, -0.25) is 15.3 Å². The van der Waals surface area contributed by atoms with Crippen LogP contribution >= 0.6 is 0 Å². The van der Waals surface area contributed by atoms with Crippen LogP contribution in [-0.2, 0) is 0 Å². The second-order valence-electron chi connectivity index (χ2n) is 3.08. The molecule has 0 fully saturated rings. The van der Waals surface area contributed by atoms with Crippen LogP contribution < -0.4 is 10.5 Å². The minimum absolute atomic E-state index is 0.0965. The van der Waals surface area contributed by atoms with E-state index in [-0.39, 0.29) is 11.6 Å². The maximum atomic E-state index is 11.3. The van der Waals surface area contributed by atoms with Gasteiger partial charge >= 0.3 is 0 Å². The number of hydrogen-bond donors (Lipinski definition) is 1. The third-order valence-corrected chi connectivity index (χ3v) is 1.96. The number of hydrogen-bond acceptors (Lipinski definition) is 4. The van der Waals surface area contributed by atoms with Crippen LogP contribution in [0.3, 0.4) is 0 Å². The van der Waals surface area contributed by atoms with E-state index in [1.165, 1.54) is 19.9 Å². The molecule has 0 heterocycles. The first-order valence-electron chi connectivity index (χ1n) is 4.42. The van der Waals surface area contributed by atoms with Gasteiger partial charge in [0.1, 0.15) is 5.75 Å². The van der Waals surface area contributed by atoms with Gasteiger partial charge < -0.3 is 4.74 Å². The predicted molar refractivity (Wildman–Crippen MR) is 55.6 cm³/mol. The third-order valence-electron chi connectivity index (χ3n) is 1.96. The molecule has 0 aromatic heterocycles. The van der Waals surface area contributed by atoms with E-state index in [0.717, 1.165) is 6.73 Å². The highest BCUT2D eigenvalue weighted by Gasteiger charge is 2.11. The Morgan fingerprint density at radius 2 is 1.93 bits per heavy atom. The molecule has 4 heteroatoms. The van der Waals surface area contributed by atoms with Crippen molar-refractivity contribution in [3.63, 3.8) is 0 Å². The van der Waals surface area contributed by atoms with Gasteiger partial charge in [0, 0.05) is 5.56 Å². The lowest BCUT2D eigenvalue weighted by Crippen LogP contribution is -2.05. The lowest BCUT2D eigenvalue weighted by atomic mass is 10.0. The Balaban J connectivity index is 3.20. The molecule has 1 aromatic carbocycles. The molecule has 0 bridgehead atoms. The van der Waals surface area contributed by atoms with Crippen LogP contribution in [-0.4, -0.2) is 11.6 Å². The lowest BCUT2D eigenvalue weighted by Gasteiger charge is -2.07. The number of ketones is 2. The minimum atomic E-state index is -0.171. The second-order valence-corrected chi connectivity index (χ2v) is 3.08. The lowest BCUT2D eigenvalue weighted by molar-refractivity contribution is 0.101. The van der Waals surface area contributed by atoms with Crippen LogP contribution in [0.1, 0.15) is 34.6 Å². The van der Waals surface area contributed by atoms with E-state index in [9.17, 15) is 9.59 Å². The summed E-state index contributed by atoms with van der Waals surface area (Å²) in [6, 6.07) is 4.65. The molecule has 0 spiro atoms. The summed E-state index contributed by atoms with van der Waals surface area (Å²) in [5.41, 5.74) is 5.93. The number of carbonyl (C=O) groups excluding carboxylic acids is 2. The van der Waals surface area contributed by atoms with Gasteiger partial charge in [0.25, 0.3) is 0 Å². The standard InChI is InChI=1S/C11H12NO3/c1-7(13)9-3-4-11(15-6-12)10(5-9)8(2)14/h3-6H,12H2,1-2H3. The van der Waals surface area contributed by atoms with E-state index >= 15 is 0 Å². The predicted octanol–water partition coefficient (Wildman–Crippen LogP) is 1.55. The van der Waals surface area contributed by atoms with Gasteiger partial charge in [0.2, 0.25) is 0 Å². The monoisotopic (exact) mass is 206 g/mol. The van der Waals surface area contributed by atoms with Crippen molar-refractivity contribution in [1.82, 2.24) is 0 Å². The number of rotatable bonds is 4. The first-order valence-corrected chi connectivity index (χ1v) is 4.42. The van der Waals surface area contributed by atoms with Crippen molar-refractivity contribution in [2.45, 2.75) is 13.8 Å². The molecule has 1 aromatic rings. The molecule has 0 saturated heterocycles. The zero-order chi connectivity index (χ0) is 11.4. The quantitative estimate of drug-likeness (QED) is 0.759. The average Bonchev–Trinajstić information content (AvgIpc) is 2.18. The smallest absolute Gasteiger partial charge is 0.198 e. The van der Waals surface area contributed by atoms with E-state index < -0.39 is 0 Å². The summed E-state index contributed by atoms with van der Waals surface area (Å²) in [5.74, 6) is 0.0886. The molecule has 0 aliphatic rings. The zero-order valence-electron chi connectivity index (χ0n) is 8.61. The number of carbonyl (C=O) groups is 2. The topological polar surface area (TPSA) is 69.4 Å². The maximum absolute atomic E-state index is 11.3. The molecule has 1 rings (SSSR count). The minimum Gasteiger partial charge on any atom is -0.469 e. The van der Waals surface area contributed by atoms with Gasteiger partial charge in [-0.25, -0.2) is 0 Å². The molecule has 2 N–H and O–H groups in total. The highest BCUT2D eigenvalue weighted by atomic mass is 16.5. The molecule has 0 atom stereocenters. The first-order chi connectivity index (χ1) is 7.06. The largest absolute Gasteiger partial charge is 0.469 e. The van der Waals surface area contributed by atoms with Crippen molar-refractivity contribution in [3.05, 3.63) is 36.1 Å². The highest BCUT2D eigenvalue weighted by molar-refractivity contribution is 6.01. The van der Waals surface area contributed by atoms with Crippen LogP contribution in [0.5, 0.6) is 5.75 Å². The van der Waals surface area contributed by atoms with Gasteiger partial charge in [-0.15, -0.1) is 0 Å². The molecule has 0 unspecified atom stereocenters. The van der Waals surface area contributed by atoms with Gasteiger partial charge in [0.15, 0.2) is 18.3 Å². The van der Waals surface area contributed by atoms with Crippen LogP contribution in [0.25, 0.3) is 0 Å². The highest BCUT2D eigenvalue weighted by Crippen LogP contribution is 2.21. The van der Waals surface area contributed by atoms with Crippen molar-refractivity contribution in [2.24, 2.45) is 5.73 Å². The third kappa shape index (κ3) is 2.63. The Labute approximate surface area is 88.0 Å². The van der Waals surface area contributed by atoms with E-state index in [4.69, 9.17) is 10.5 Å². The SMILES string of the molecule is CC(=O)c1ccc(O[CH]N)c(C(C)=O)c1. The molecule has 79 valence electrons. The van der Waals surface area contributed by atoms with Crippen LogP contribution in [0.15, 0.2) is 18.2 Å². The summed E-state index contributed by atoms with van der Waals surface area (Å²) in [4.78, 5) is 22.4. The number of benzene rings is 1. The van der Waals surface area contributed by atoms with Gasteiger partial charge in [-0.2, -0.15) is 0 Å². The number of ether oxygens (including phenoxy) is 1. The molecule has 0 amide bonds. The van der Waals surface area contributed by atoms with E-state index in [2.05, 4.69) is 0 Å². The van der Waals surface area contributed by atoms with Crippen LogP contribution in [0.4, 0.5) is 0 Å². The molecule has 0 aliphatic carbocycles. The van der Waals surface area contributed by atoms with Crippen LogP contribution in [0, 0.1) is 6.73 Å². The van der Waals surface area contributed by atoms with Gasteiger partial charge in [0.05, 0.1) is 5.56 Å². The average molecular weight is 206 g/mol. The summed E-state index contributed by atoms with van der Waals surface area (Å²) in [5, 5.41) is 0. The summed E-state index contributed by atoms with van der Waals surface area (Å²) < 4.78 is 4.95. The number of nitrogens with two attached hydrogens (primary N) is 1. The zero-order valence-corrected chi connectivity index (χ0v) is 8.61. The summed E-state index contributed by atoms with van der Waals surface area (Å²) in [7, 11) is 0. The fraction of sp³-hybridized carbons (Fsp3) is 0.182. The Bertz CT molecular complexity index is 399. The molecule has 0 aliphatic heterocycles. The normalized spacial score (nSPS) is 9.80. The maximum Gasteiger partial charge on any atom is 0.198 e. The molecule has 0 saturated carbocycles. The van der Waals surface area contributed by atoms with E-state index in [1.54, 1.807) is 12.1 Å². The van der Waals surface area contributed by atoms with Crippen molar-refractivity contribution < 1.29 is 14.3 Å². The van der Waals surface area contributed by atoms with Gasteiger partial charge in [-0.05, 0) is 32.0 Å². The fourth-order valence-corrected chi connectivity index (χ4v) is 1.20. The van der Waals surface area contributed by atoms with E-state index in [1.807, 2.05) is 0 Å². The molecular formula is C11H12NO3. The first kappa shape index (κ1) is 11.4. The molecule has 1 radical (unpaired) electrons. The summed E-state index contributed by atoms with van der Waals surface area (Å²) >= 11 is 0. The van der Waals surface area contributed by atoms with E-state index in [0.29, 0.717) is 16.9 Å². The van der Waals surface area contributed by atoms with Gasteiger partial charge in [-0.1, -0.05) is 0 Å². The summed E-state index contributed by atoms with van der Waals surface area (Å²) in [6.45, 7) is 3.84. The summed E-state index contributed by atoms with van der Waals surface area (Å²) in [6.07, 6.45) is 0. The molecule has 4 nitrogen and oxygen atoms in total. The van der Waals surface area contributed by atoms with Crippen molar-refractivity contribution in [1.29, 1.82) is 0 Å². The fourth-order valence-electron chi connectivity index (χ4n) is 1.20.